The highest BCUT2D eigenvalue weighted by molar-refractivity contribution is 7.89. The molecule has 1 N–H and O–H groups in total. The van der Waals surface area contributed by atoms with Crippen LogP contribution in [-0.4, -0.2) is 37.8 Å². The van der Waals surface area contributed by atoms with Gasteiger partial charge in [0.1, 0.15) is 4.90 Å². The van der Waals surface area contributed by atoms with Crippen molar-refractivity contribution in [3.05, 3.63) is 64.1 Å². The molecule has 1 saturated heterocycles. The standard InChI is InChI=1S/C22H26Cl2N2O3S/c1-16(7-8-17-5-3-2-4-6-17)25-22(27)18-11-13-26(14-12-18)30(28,29)21-15-19(23)9-10-20(21)24/h2-6,9-10,15-16,18H,7-8,11-14H2,1H3,(H,25,27)/t16-/m1/s1. The second-order valence-corrected chi connectivity index (χ2v) is 10.4. The van der Waals surface area contributed by atoms with Gasteiger partial charge in [-0.05, 0) is 56.4 Å². The maximum atomic E-state index is 12.9. The third kappa shape index (κ3) is 5.76. The number of amides is 1. The summed E-state index contributed by atoms with van der Waals surface area (Å²) in [6.45, 7) is 2.56. The van der Waals surface area contributed by atoms with E-state index in [2.05, 4.69) is 17.4 Å². The van der Waals surface area contributed by atoms with Gasteiger partial charge in [0.25, 0.3) is 0 Å². The third-order valence-electron chi connectivity index (χ3n) is 5.43. The highest BCUT2D eigenvalue weighted by Crippen LogP contribution is 2.30. The summed E-state index contributed by atoms with van der Waals surface area (Å²) in [5.74, 6) is -0.196. The van der Waals surface area contributed by atoms with Crippen molar-refractivity contribution in [3.8, 4) is 0 Å². The summed E-state index contributed by atoms with van der Waals surface area (Å²) < 4.78 is 27.2. The van der Waals surface area contributed by atoms with Gasteiger partial charge in [-0.25, -0.2) is 8.42 Å². The zero-order valence-electron chi connectivity index (χ0n) is 16.9. The van der Waals surface area contributed by atoms with Crippen LogP contribution >= 0.6 is 23.2 Å². The molecule has 1 aliphatic heterocycles. The van der Waals surface area contributed by atoms with E-state index in [1.807, 2.05) is 25.1 Å². The number of aryl methyl sites for hydroxylation is 1. The Morgan fingerprint density at radius 3 is 2.47 bits per heavy atom. The maximum absolute atomic E-state index is 12.9. The predicted molar refractivity (Wildman–Crippen MR) is 120 cm³/mol. The molecular formula is C22H26Cl2N2O3S. The van der Waals surface area contributed by atoms with E-state index in [1.54, 1.807) is 6.07 Å². The summed E-state index contributed by atoms with van der Waals surface area (Å²) in [7, 11) is -3.74. The van der Waals surface area contributed by atoms with Crippen LogP contribution in [0, 0.1) is 5.92 Å². The molecule has 3 rings (SSSR count). The first kappa shape index (κ1) is 23.1. The summed E-state index contributed by atoms with van der Waals surface area (Å²) in [5, 5.41) is 3.54. The van der Waals surface area contributed by atoms with Crippen LogP contribution in [0.4, 0.5) is 0 Å². The van der Waals surface area contributed by atoms with Crippen molar-refractivity contribution in [1.82, 2.24) is 9.62 Å². The van der Waals surface area contributed by atoms with Gasteiger partial charge in [-0.15, -0.1) is 0 Å². The molecule has 1 amide bonds. The molecular weight excluding hydrogens is 443 g/mol. The van der Waals surface area contributed by atoms with Crippen molar-refractivity contribution < 1.29 is 13.2 Å². The first-order valence-electron chi connectivity index (χ1n) is 10.1. The third-order valence-corrected chi connectivity index (χ3v) is 8.05. The monoisotopic (exact) mass is 468 g/mol. The fraction of sp³-hybridized carbons (Fsp3) is 0.409. The lowest BCUT2D eigenvalue weighted by atomic mass is 9.96. The van der Waals surface area contributed by atoms with E-state index in [-0.39, 0.29) is 40.9 Å². The van der Waals surface area contributed by atoms with E-state index in [0.29, 0.717) is 17.9 Å². The van der Waals surface area contributed by atoms with Gasteiger partial charge in [0.05, 0.1) is 5.02 Å². The molecule has 1 heterocycles. The molecule has 0 aromatic heterocycles. The zero-order chi connectivity index (χ0) is 21.7. The number of benzene rings is 2. The maximum Gasteiger partial charge on any atom is 0.244 e. The van der Waals surface area contributed by atoms with Crippen LogP contribution in [-0.2, 0) is 21.2 Å². The van der Waals surface area contributed by atoms with Crippen molar-refractivity contribution in [2.45, 2.75) is 43.5 Å². The fourth-order valence-electron chi connectivity index (χ4n) is 3.63. The minimum absolute atomic E-state index is 0.00611. The molecule has 0 unspecified atom stereocenters. The number of halogens is 2. The molecule has 0 radical (unpaired) electrons. The molecule has 1 aliphatic rings. The first-order valence-corrected chi connectivity index (χ1v) is 12.3. The van der Waals surface area contributed by atoms with Gasteiger partial charge >= 0.3 is 0 Å². The average Bonchev–Trinajstić information content (AvgIpc) is 2.74. The van der Waals surface area contributed by atoms with Gasteiger partial charge in [-0.1, -0.05) is 53.5 Å². The van der Waals surface area contributed by atoms with Gasteiger partial charge in [0.15, 0.2) is 0 Å². The summed E-state index contributed by atoms with van der Waals surface area (Å²) in [4.78, 5) is 12.6. The Morgan fingerprint density at radius 2 is 1.80 bits per heavy atom. The number of piperidine rings is 1. The Kier molecular flexibility index (Phi) is 7.80. The molecule has 8 heteroatoms. The Hall–Kier alpha value is -1.60. The smallest absolute Gasteiger partial charge is 0.244 e. The molecule has 1 fully saturated rings. The zero-order valence-corrected chi connectivity index (χ0v) is 19.2. The molecule has 30 heavy (non-hydrogen) atoms. The number of rotatable bonds is 7. The Balaban J connectivity index is 1.52. The van der Waals surface area contributed by atoms with E-state index in [0.717, 1.165) is 12.8 Å². The van der Waals surface area contributed by atoms with Gasteiger partial charge in [-0.2, -0.15) is 4.31 Å². The topological polar surface area (TPSA) is 66.5 Å². The van der Waals surface area contributed by atoms with Crippen molar-refractivity contribution >= 4 is 39.1 Å². The minimum Gasteiger partial charge on any atom is -0.353 e. The first-order chi connectivity index (χ1) is 14.3. The summed E-state index contributed by atoms with van der Waals surface area (Å²) in [6.07, 6.45) is 2.72. The Bertz CT molecular complexity index is 975. The Morgan fingerprint density at radius 1 is 1.13 bits per heavy atom. The van der Waals surface area contributed by atoms with E-state index < -0.39 is 10.0 Å². The quantitative estimate of drug-likeness (QED) is 0.648. The lowest BCUT2D eigenvalue weighted by Gasteiger charge is -2.31. The molecule has 162 valence electrons. The molecule has 0 saturated carbocycles. The van der Waals surface area contributed by atoms with E-state index >= 15 is 0 Å². The van der Waals surface area contributed by atoms with E-state index in [4.69, 9.17) is 23.2 Å². The van der Waals surface area contributed by atoms with Crippen molar-refractivity contribution in [2.75, 3.05) is 13.1 Å². The molecule has 0 bridgehead atoms. The van der Waals surface area contributed by atoms with Crippen LogP contribution in [0.25, 0.3) is 0 Å². The predicted octanol–water partition coefficient (Wildman–Crippen LogP) is 4.53. The number of sulfonamides is 1. The molecule has 0 aliphatic carbocycles. The van der Waals surface area contributed by atoms with Gasteiger partial charge in [-0.3, -0.25) is 4.79 Å². The molecule has 2 aromatic carbocycles. The van der Waals surface area contributed by atoms with Crippen LogP contribution in [0.15, 0.2) is 53.4 Å². The van der Waals surface area contributed by atoms with Gasteiger partial charge in [0.2, 0.25) is 15.9 Å². The number of nitrogens with zero attached hydrogens (tertiary/aromatic N) is 1. The largest absolute Gasteiger partial charge is 0.353 e. The molecule has 1 atom stereocenters. The minimum atomic E-state index is -3.74. The number of carbonyl (C=O) groups excluding carboxylic acids is 1. The number of nitrogens with one attached hydrogen (secondary N) is 1. The van der Waals surface area contributed by atoms with Crippen molar-refractivity contribution in [3.63, 3.8) is 0 Å². The highest BCUT2D eigenvalue weighted by atomic mass is 35.5. The fourth-order valence-corrected chi connectivity index (χ4v) is 5.84. The second-order valence-electron chi connectivity index (χ2n) is 7.69. The molecule has 5 nitrogen and oxygen atoms in total. The number of hydrogen-bond acceptors (Lipinski definition) is 3. The van der Waals surface area contributed by atoms with Gasteiger partial charge < -0.3 is 5.32 Å². The normalized spacial score (nSPS) is 16.9. The van der Waals surface area contributed by atoms with Crippen LogP contribution < -0.4 is 5.32 Å². The number of carbonyl (C=O) groups is 1. The lowest BCUT2D eigenvalue weighted by molar-refractivity contribution is -0.126. The highest BCUT2D eigenvalue weighted by Gasteiger charge is 2.33. The van der Waals surface area contributed by atoms with Crippen LogP contribution in [0.2, 0.25) is 10.0 Å². The lowest BCUT2D eigenvalue weighted by Crippen LogP contribution is -2.44. The summed E-state index contributed by atoms with van der Waals surface area (Å²) in [5.41, 5.74) is 1.25. The van der Waals surface area contributed by atoms with E-state index in [9.17, 15) is 13.2 Å². The molecule has 0 spiro atoms. The van der Waals surface area contributed by atoms with Crippen LogP contribution in [0.5, 0.6) is 0 Å². The Labute approximate surface area is 188 Å². The van der Waals surface area contributed by atoms with Gasteiger partial charge in [0, 0.05) is 30.1 Å². The van der Waals surface area contributed by atoms with Crippen LogP contribution in [0.3, 0.4) is 0 Å². The van der Waals surface area contributed by atoms with Crippen LogP contribution in [0.1, 0.15) is 31.7 Å². The number of hydrogen-bond donors (Lipinski definition) is 1. The van der Waals surface area contributed by atoms with Crippen molar-refractivity contribution in [2.24, 2.45) is 5.92 Å². The summed E-state index contributed by atoms with van der Waals surface area (Å²) in [6, 6.07) is 14.6. The molecule has 2 aromatic rings. The van der Waals surface area contributed by atoms with E-state index in [1.165, 1.54) is 22.0 Å². The second kappa shape index (κ2) is 10.1. The summed E-state index contributed by atoms with van der Waals surface area (Å²) >= 11 is 12.0. The van der Waals surface area contributed by atoms with Crippen molar-refractivity contribution in [1.29, 1.82) is 0 Å². The SMILES string of the molecule is C[C@H](CCc1ccccc1)NC(=O)C1CCN(S(=O)(=O)c2cc(Cl)ccc2Cl)CC1. The average molecular weight is 469 g/mol.